The quantitative estimate of drug-likeness (QED) is 0.0733. The molecule has 0 unspecified atom stereocenters. The molecule has 6 aliphatic rings. The number of fused-ring (bicyclic) bond motifs is 2. The topological polar surface area (TPSA) is 411 Å². The maximum absolute atomic E-state index is 15.7. The van der Waals surface area contributed by atoms with Crippen molar-refractivity contribution in [3.05, 3.63) is 185 Å². The number of H-pyrrole nitrogens is 1. The van der Waals surface area contributed by atoms with Crippen molar-refractivity contribution in [2.45, 2.75) is 180 Å². The van der Waals surface area contributed by atoms with Gasteiger partial charge in [0.05, 0.1) is 42.6 Å². The predicted octanol–water partition coefficient (Wildman–Crippen LogP) is 4.09. The van der Waals surface area contributed by atoms with Crippen LogP contribution in [0.2, 0.25) is 0 Å². The van der Waals surface area contributed by atoms with E-state index in [1.165, 1.54) is 19.2 Å². The van der Waals surface area contributed by atoms with Crippen molar-refractivity contribution in [2.75, 3.05) is 27.2 Å². The normalized spacial score (nSPS) is 21.5. The first-order valence-corrected chi connectivity index (χ1v) is 37.5. The first kappa shape index (κ1) is 79.5. The Balaban J connectivity index is 0.895. The van der Waals surface area contributed by atoms with Crippen LogP contribution in [0.4, 0.5) is 0 Å². The Morgan fingerprint density at radius 1 is 0.536 bits per heavy atom. The van der Waals surface area contributed by atoms with E-state index in [0.717, 1.165) is 21.5 Å². The van der Waals surface area contributed by atoms with Crippen LogP contribution >= 0.6 is 0 Å². The van der Waals surface area contributed by atoms with Crippen molar-refractivity contribution in [1.29, 1.82) is 0 Å². The van der Waals surface area contributed by atoms with E-state index in [1.54, 1.807) is 110 Å². The number of carbonyl (C=O) groups is 9. The molecule has 12 atom stereocenters. The predicted molar refractivity (Wildman–Crippen MR) is 411 cm³/mol. The van der Waals surface area contributed by atoms with Crippen LogP contribution in [0.3, 0.4) is 0 Å². The van der Waals surface area contributed by atoms with E-state index in [0.29, 0.717) is 45.1 Å². The minimum absolute atomic E-state index is 0.0141. The molecule has 0 spiro atoms. The number of amides is 8. The Morgan fingerprint density at radius 3 is 1.38 bits per heavy atom. The first-order valence-electron chi connectivity index (χ1n) is 37.5. The minimum atomic E-state index is -1.53. The molecule has 9 heterocycles. The van der Waals surface area contributed by atoms with Crippen LogP contribution < -0.4 is 52.0 Å². The Kier molecular flexibility index (Phi) is 24.5. The number of nitrogens with one attached hydrogen (secondary N) is 9. The molecule has 112 heavy (non-hydrogen) atoms. The highest BCUT2D eigenvalue weighted by Crippen LogP contribution is 2.36. The van der Waals surface area contributed by atoms with Crippen LogP contribution in [0.15, 0.2) is 146 Å². The molecule has 3 aromatic heterocycles. The number of benzene rings is 6. The van der Waals surface area contributed by atoms with Crippen molar-refractivity contribution in [1.82, 2.24) is 103 Å². The van der Waals surface area contributed by atoms with Gasteiger partial charge in [0.1, 0.15) is 78.4 Å². The van der Waals surface area contributed by atoms with Gasteiger partial charge in [-0.05, 0) is 130 Å². The SMILES string of the molecule is CN[C@@H](C)C(=O)N[C@H](C(=O)N1CC[C@@H]2[C@H]1C(=O)N[C@@H](Cc1ccc3ccccc3c1)C(=O)N[C@H](C(=O)O)Cc1ccc(cc1)OCc1cn(nn1)[C@@H]1CCN(C(=O)[C@@H](NC(=O)[C@H](C)NC)C(C)(C)C)[C@@H]1C(=O)N[C@@H](Cc1ccc3ccccc3c1)C(=O)N[C@H](c1nnn[nH]1)Cc1ccc(cc1)OCc1cn2nn1)C(C)(C)C. The summed E-state index contributed by atoms with van der Waals surface area (Å²) in [5, 5.41) is 70.6. The van der Waals surface area contributed by atoms with Crippen molar-refractivity contribution < 1.29 is 57.7 Å². The lowest BCUT2D eigenvalue weighted by molar-refractivity contribution is -0.145. The lowest BCUT2D eigenvalue weighted by Crippen LogP contribution is -2.61. The molecule has 32 heteroatoms. The molecule has 0 aliphatic carbocycles. The number of likely N-dealkylation sites (N-methyl/N-ethyl adjacent to an activating group) is 2. The van der Waals surface area contributed by atoms with Crippen molar-refractivity contribution in [3.63, 3.8) is 0 Å². The van der Waals surface area contributed by atoms with Crippen molar-refractivity contribution in [2.24, 2.45) is 10.8 Å². The Bertz CT molecular complexity index is 4880. The van der Waals surface area contributed by atoms with Crippen LogP contribution in [-0.4, -0.2) is 200 Å². The molecule has 8 amide bonds. The molecular formula is C80H96N20O12. The molecule has 9 aromatic rings. The van der Waals surface area contributed by atoms with E-state index in [-0.39, 0.29) is 70.7 Å². The first-order chi connectivity index (χ1) is 53.6. The van der Waals surface area contributed by atoms with E-state index in [4.69, 9.17) is 9.47 Å². The Labute approximate surface area is 647 Å². The lowest BCUT2D eigenvalue weighted by Gasteiger charge is -2.37. The summed E-state index contributed by atoms with van der Waals surface area (Å²) >= 11 is 0. The van der Waals surface area contributed by atoms with E-state index in [9.17, 15) is 19.5 Å². The largest absolute Gasteiger partial charge is 0.487 e. The zero-order valence-corrected chi connectivity index (χ0v) is 64.2. The molecule has 10 N–H and O–H groups in total. The zero-order chi connectivity index (χ0) is 79.7. The Hall–Kier alpha value is -12.1. The molecule has 8 bridgehead atoms. The molecule has 588 valence electrons. The van der Waals surface area contributed by atoms with Gasteiger partial charge >= 0.3 is 5.97 Å². The second kappa shape index (κ2) is 34.5. The van der Waals surface area contributed by atoms with Gasteiger partial charge in [0, 0.05) is 38.8 Å². The molecular weight excluding hydrogens is 1430 g/mol. The van der Waals surface area contributed by atoms with Gasteiger partial charge < -0.3 is 66.9 Å². The van der Waals surface area contributed by atoms with Gasteiger partial charge in [0.25, 0.3) is 0 Å². The molecule has 6 aliphatic heterocycles. The summed E-state index contributed by atoms with van der Waals surface area (Å²) in [4.78, 5) is 136. The summed E-state index contributed by atoms with van der Waals surface area (Å²) in [7, 11) is 3.25. The van der Waals surface area contributed by atoms with Crippen molar-refractivity contribution in [3.8, 4) is 11.5 Å². The third kappa shape index (κ3) is 18.9. The van der Waals surface area contributed by atoms with Gasteiger partial charge in [-0.15, -0.1) is 15.3 Å². The monoisotopic (exact) mass is 1530 g/mol. The number of tetrazole rings is 1. The molecule has 2 fully saturated rings. The minimum Gasteiger partial charge on any atom is -0.487 e. The van der Waals surface area contributed by atoms with Crippen molar-refractivity contribution >= 4 is 74.8 Å². The van der Waals surface area contributed by atoms with Gasteiger partial charge in [0.15, 0.2) is 5.82 Å². The number of hydrogen-bond acceptors (Lipinski definition) is 20. The lowest BCUT2D eigenvalue weighted by atomic mass is 9.85. The van der Waals surface area contributed by atoms with Crippen LogP contribution in [0, 0.1) is 10.8 Å². The number of aliphatic carboxylic acids is 1. The zero-order valence-electron chi connectivity index (χ0n) is 64.2. The number of rotatable bonds is 14. The summed E-state index contributed by atoms with van der Waals surface area (Å²) in [5.74, 6) is -5.28. The average Bonchev–Trinajstić information content (AvgIpc) is 1.61. The van der Waals surface area contributed by atoms with Gasteiger partial charge in [-0.1, -0.05) is 161 Å². The van der Waals surface area contributed by atoms with Gasteiger partial charge in [-0.3, -0.25) is 38.4 Å². The Morgan fingerprint density at radius 2 is 0.964 bits per heavy atom. The molecule has 6 aromatic carbocycles. The van der Waals surface area contributed by atoms with Gasteiger partial charge in [0.2, 0.25) is 47.3 Å². The number of hydrogen-bond donors (Lipinski definition) is 10. The maximum Gasteiger partial charge on any atom is 0.326 e. The van der Waals surface area contributed by atoms with Gasteiger partial charge in [-0.25, -0.2) is 19.3 Å². The second-order valence-corrected chi connectivity index (χ2v) is 31.1. The van der Waals surface area contributed by atoms with E-state index in [2.05, 4.69) is 83.8 Å². The summed E-state index contributed by atoms with van der Waals surface area (Å²) in [5.41, 5.74) is 1.46. The van der Waals surface area contributed by atoms with Gasteiger partial charge in [-0.2, -0.15) is 0 Å². The highest BCUT2D eigenvalue weighted by atomic mass is 16.5. The number of likely N-dealkylation sites (tertiary alicyclic amines) is 2. The van der Waals surface area contributed by atoms with Crippen LogP contribution in [-0.2, 0) is 82.0 Å². The third-order valence-corrected chi connectivity index (χ3v) is 21.0. The average molecular weight is 1530 g/mol. The second-order valence-electron chi connectivity index (χ2n) is 31.1. The van der Waals surface area contributed by atoms with Crippen LogP contribution in [0.25, 0.3) is 21.5 Å². The highest BCUT2D eigenvalue weighted by molar-refractivity contribution is 5.98. The number of ether oxygens (including phenoxy) is 2. The third-order valence-electron chi connectivity index (χ3n) is 21.0. The standard InChI is InChI=1S/C80H96N20O12/c1-45(81-9)70(101)87-67(79(3,4)5)76(107)97-33-31-63-65(97)74(105)84-60(39-49-19-25-51-15-11-13-17-53(51)35-49)72(103)83-59(69-91-93-94-92-69)37-47-21-27-57(28-22-47)111-43-55-41-100(96-89-55)64-32-34-98(77(108)68(80(6,7)8)88-71(102)46(2)82-10)66(64)75(106)85-61(40-50-20-26-52-16-12-14-18-54(52)36-50)73(104)86-62(78(109)110)38-48-23-29-58(30-24-48)112-44-56-42-99(63)95-90-56/h11-30,35-36,41-42,45-46,59-68,81-82H,31-34,37-40,43-44H2,1-10H3,(H,83,103)(H,84,105)(H,85,106)(H,86,104)(H,87,101)(H,88,102)(H,109,110)(H,91,92,93,94)/t45-,46-,59-,60-,61-,62-,63+,64+,65-,66-,67+,68+/m0/s1. The molecule has 15 rings (SSSR count). The number of carboxylic acid groups (broad SMARTS) is 1. The molecule has 0 radical (unpaired) electrons. The molecule has 2 saturated heterocycles. The number of aromatic amines is 1. The number of aromatic nitrogens is 10. The van der Waals surface area contributed by atoms with Crippen LogP contribution in [0.1, 0.15) is 126 Å². The van der Waals surface area contributed by atoms with E-state index >= 15 is 28.8 Å². The molecule has 32 nitrogen and oxygen atoms in total. The fourth-order valence-electron chi connectivity index (χ4n) is 14.4. The summed E-state index contributed by atoms with van der Waals surface area (Å²) in [6.45, 7) is 14.0. The maximum atomic E-state index is 15.7. The number of carboxylic acids is 1. The van der Waals surface area contributed by atoms with Crippen LogP contribution in [0.5, 0.6) is 11.5 Å². The highest BCUT2D eigenvalue weighted by Gasteiger charge is 2.51. The fourth-order valence-corrected chi connectivity index (χ4v) is 14.4. The fraction of sp³-hybridized carbons (Fsp3) is 0.425. The number of nitrogens with zero attached hydrogens (tertiary/aromatic N) is 11. The summed E-state index contributed by atoms with van der Waals surface area (Å²) in [6.07, 6.45) is 3.37. The number of carbonyl (C=O) groups excluding carboxylic acids is 8. The van der Waals surface area contributed by atoms with E-state index < -0.39 is 137 Å². The summed E-state index contributed by atoms with van der Waals surface area (Å²) < 4.78 is 15.5. The molecule has 0 saturated carbocycles. The van der Waals surface area contributed by atoms with E-state index in [1.807, 2.05) is 106 Å². The summed E-state index contributed by atoms with van der Waals surface area (Å²) in [6, 6.07) is 27.0. The smallest absolute Gasteiger partial charge is 0.326 e.